The predicted octanol–water partition coefficient (Wildman–Crippen LogP) is 3.82. The van der Waals surface area contributed by atoms with Crippen LogP contribution in [0.4, 0.5) is 0 Å². The van der Waals surface area contributed by atoms with E-state index < -0.39 is 0 Å². The van der Waals surface area contributed by atoms with Gasteiger partial charge in [0.25, 0.3) is 0 Å². The van der Waals surface area contributed by atoms with Crippen molar-refractivity contribution < 1.29 is 0 Å². The number of hydrogen-bond donors (Lipinski definition) is 1. The van der Waals surface area contributed by atoms with Crippen molar-refractivity contribution in [3.05, 3.63) is 0 Å². The lowest BCUT2D eigenvalue weighted by molar-refractivity contribution is 0.161. The molecule has 0 bridgehead atoms. The highest BCUT2D eigenvalue weighted by Crippen LogP contribution is 2.37. The van der Waals surface area contributed by atoms with Crippen LogP contribution in [-0.2, 0) is 0 Å². The topological polar surface area (TPSA) is 26.0 Å². The van der Waals surface area contributed by atoms with Crippen molar-refractivity contribution in [2.24, 2.45) is 29.4 Å². The lowest BCUT2D eigenvalue weighted by Crippen LogP contribution is -2.31. The molecule has 1 rings (SSSR count). The Kier molecular flexibility index (Phi) is 5.11. The van der Waals surface area contributed by atoms with Crippen LogP contribution < -0.4 is 5.73 Å². The molecule has 1 atom stereocenters. The molecule has 0 aromatic rings. The van der Waals surface area contributed by atoms with Crippen molar-refractivity contribution in [2.45, 2.75) is 65.8 Å². The zero-order valence-electron chi connectivity index (χ0n) is 11.0. The maximum absolute atomic E-state index is 5.97. The van der Waals surface area contributed by atoms with Gasteiger partial charge in [-0.05, 0) is 55.8 Å². The van der Waals surface area contributed by atoms with Gasteiger partial charge >= 0.3 is 0 Å². The molecular formula is C14H29N. The smallest absolute Gasteiger partial charge is 0.00390 e. The van der Waals surface area contributed by atoms with Gasteiger partial charge in [-0.3, -0.25) is 0 Å². The molecule has 0 aliphatic heterocycles. The van der Waals surface area contributed by atoms with E-state index in [2.05, 4.69) is 27.7 Å². The summed E-state index contributed by atoms with van der Waals surface area (Å²) in [6.45, 7) is 9.48. The van der Waals surface area contributed by atoms with Crippen molar-refractivity contribution in [2.75, 3.05) is 0 Å². The summed E-state index contributed by atoms with van der Waals surface area (Å²) in [7, 11) is 0. The maximum atomic E-state index is 5.97. The zero-order valence-corrected chi connectivity index (χ0v) is 11.0. The Bertz CT molecular complexity index is 166. The molecular weight excluding hydrogens is 182 g/mol. The molecule has 0 aromatic heterocycles. The minimum Gasteiger partial charge on any atom is -0.328 e. The van der Waals surface area contributed by atoms with E-state index in [1.807, 2.05) is 0 Å². The molecule has 1 heteroatoms. The van der Waals surface area contributed by atoms with Gasteiger partial charge in [0, 0.05) is 6.04 Å². The molecule has 1 unspecified atom stereocenters. The first-order valence-corrected chi connectivity index (χ1v) is 6.76. The van der Waals surface area contributed by atoms with E-state index in [1.165, 1.54) is 32.1 Å². The Morgan fingerprint density at radius 1 is 1.00 bits per heavy atom. The fraction of sp³-hybridized carbons (Fsp3) is 1.00. The highest BCUT2D eigenvalue weighted by Gasteiger charge is 2.28. The van der Waals surface area contributed by atoms with E-state index in [9.17, 15) is 0 Å². The van der Waals surface area contributed by atoms with Gasteiger partial charge in [-0.15, -0.1) is 0 Å². The zero-order chi connectivity index (χ0) is 11.4. The second-order valence-corrected chi connectivity index (χ2v) is 6.21. The van der Waals surface area contributed by atoms with E-state index in [1.54, 1.807) is 0 Å². The van der Waals surface area contributed by atoms with Gasteiger partial charge in [-0.25, -0.2) is 0 Å². The molecule has 1 aliphatic rings. The average Bonchev–Trinajstić information content (AvgIpc) is 2.15. The largest absolute Gasteiger partial charge is 0.328 e. The van der Waals surface area contributed by atoms with Crippen molar-refractivity contribution in [3.8, 4) is 0 Å². The quantitative estimate of drug-likeness (QED) is 0.751. The van der Waals surface area contributed by atoms with E-state index in [4.69, 9.17) is 5.73 Å². The van der Waals surface area contributed by atoms with Crippen LogP contribution in [0, 0.1) is 23.7 Å². The van der Waals surface area contributed by atoms with Gasteiger partial charge in [-0.2, -0.15) is 0 Å². The van der Waals surface area contributed by atoms with Crippen LogP contribution in [0.2, 0.25) is 0 Å². The van der Waals surface area contributed by atoms with Crippen LogP contribution in [-0.4, -0.2) is 6.04 Å². The van der Waals surface area contributed by atoms with Crippen molar-refractivity contribution in [1.82, 2.24) is 0 Å². The SMILES string of the molecule is CC(C)CC(C(C)C)C1CCC(N)CC1. The summed E-state index contributed by atoms with van der Waals surface area (Å²) in [5.74, 6) is 3.56. The molecule has 90 valence electrons. The molecule has 0 amide bonds. The summed E-state index contributed by atoms with van der Waals surface area (Å²) >= 11 is 0. The van der Waals surface area contributed by atoms with Gasteiger partial charge in [0.2, 0.25) is 0 Å². The number of hydrogen-bond acceptors (Lipinski definition) is 1. The Balaban J connectivity index is 2.48. The highest BCUT2D eigenvalue weighted by atomic mass is 14.6. The summed E-state index contributed by atoms with van der Waals surface area (Å²) in [4.78, 5) is 0. The van der Waals surface area contributed by atoms with Gasteiger partial charge in [0.1, 0.15) is 0 Å². The average molecular weight is 211 g/mol. The first-order valence-electron chi connectivity index (χ1n) is 6.76. The number of rotatable bonds is 4. The summed E-state index contributed by atoms with van der Waals surface area (Å²) in [6.07, 6.45) is 6.66. The van der Waals surface area contributed by atoms with Crippen LogP contribution >= 0.6 is 0 Å². The molecule has 1 saturated carbocycles. The number of nitrogens with two attached hydrogens (primary N) is 1. The predicted molar refractivity (Wildman–Crippen MR) is 67.7 cm³/mol. The van der Waals surface area contributed by atoms with E-state index in [-0.39, 0.29) is 0 Å². The van der Waals surface area contributed by atoms with Crippen molar-refractivity contribution >= 4 is 0 Å². The fourth-order valence-electron chi connectivity index (χ4n) is 3.13. The Morgan fingerprint density at radius 2 is 1.53 bits per heavy atom. The summed E-state index contributed by atoms with van der Waals surface area (Å²) in [5, 5.41) is 0. The Hall–Kier alpha value is -0.0400. The normalized spacial score (nSPS) is 29.8. The first-order chi connectivity index (χ1) is 7.00. The van der Waals surface area contributed by atoms with Gasteiger partial charge in [-0.1, -0.05) is 27.7 Å². The van der Waals surface area contributed by atoms with Crippen molar-refractivity contribution in [1.29, 1.82) is 0 Å². The molecule has 0 spiro atoms. The van der Waals surface area contributed by atoms with Gasteiger partial charge in [0.15, 0.2) is 0 Å². The molecule has 1 fully saturated rings. The first kappa shape index (κ1) is 13.0. The van der Waals surface area contributed by atoms with Crippen LogP contribution in [0.1, 0.15) is 59.8 Å². The maximum Gasteiger partial charge on any atom is 0.00390 e. The summed E-state index contributed by atoms with van der Waals surface area (Å²) < 4.78 is 0. The van der Waals surface area contributed by atoms with Crippen LogP contribution in [0.3, 0.4) is 0 Å². The fourth-order valence-corrected chi connectivity index (χ4v) is 3.13. The molecule has 0 heterocycles. The standard InChI is InChI=1S/C14H29N/c1-10(2)9-14(11(3)4)12-5-7-13(15)8-6-12/h10-14H,5-9,15H2,1-4H3. The molecule has 15 heavy (non-hydrogen) atoms. The third-order valence-electron chi connectivity index (χ3n) is 4.02. The molecule has 0 radical (unpaired) electrons. The second kappa shape index (κ2) is 5.89. The minimum absolute atomic E-state index is 0.494. The van der Waals surface area contributed by atoms with Crippen LogP contribution in [0.15, 0.2) is 0 Å². The second-order valence-electron chi connectivity index (χ2n) is 6.21. The summed E-state index contributed by atoms with van der Waals surface area (Å²) in [5.41, 5.74) is 5.97. The molecule has 2 N–H and O–H groups in total. The molecule has 0 aromatic carbocycles. The monoisotopic (exact) mass is 211 g/mol. The lowest BCUT2D eigenvalue weighted by atomic mass is 9.71. The molecule has 1 nitrogen and oxygen atoms in total. The van der Waals surface area contributed by atoms with Crippen LogP contribution in [0.25, 0.3) is 0 Å². The molecule has 1 aliphatic carbocycles. The molecule has 0 saturated heterocycles. The van der Waals surface area contributed by atoms with E-state index in [0.717, 1.165) is 23.7 Å². The minimum atomic E-state index is 0.494. The Morgan fingerprint density at radius 3 is 1.93 bits per heavy atom. The van der Waals surface area contributed by atoms with Gasteiger partial charge < -0.3 is 5.73 Å². The van der Waals surface area contributed by atoms with Crippen LogP contribution in [0.5, 0.6) is 0 Å². The lowest BCUT2D eigenvalue weighted by Gasteiger charge is -2.36. The van der Waals surface area contributed by atoms with E-state index in [0.29, 0.717) is 6.04 Å². The van der Waals surface area contributed by atoms with Gasteiger partial charge in [0.05, 0.1) is 0 Å². The highest BCUT2D eigenvalue weighted by molar-refractivity contribution is 4.81. The van der Waals surface area contributed by atoms with Crippen molar-refractivity contribution in [3.63, 3.8) is 0 Å². The third-order valence-corrected chi connectivity index (χ3v) is 4.02. The Labute approximate surface area is 95.8 Å². The summed E-state index contributed by atoms with van der Waals surface area (Å²) in [6, 6.07) is 0.494. The third kappa shape index (κ3) is 4.14. The van der Waals surface area contributed by atoms with E-state index >= 15 is 0 Å².